The molecule has 0 N–H and O–H groups in total. The van der Waals surface area contributed by atoms with Gasteiger partial charge in [0.2, 0.25) is 0 Å². The van der Waals surface area contributed by atoms with Crippen LogP contribution in [0.4, 0.5) is 0 Å². The maximum Gasteiger partial charge on any atom is 0.352 e. The Bertz CT molecular complexity index is 486. The molecule has 0 saturated heterocycles. The Kier molecular flexibility index (Phi) is 6.17. The quantitative estimate of drug-likeness (QED) is 0.341. The van der Waals surface area contributed by atoms with Gasteiger partial charge in [0.15, 0.2) is 5.57 Å². The summed E-state index contributed by atoms with van der Waals surface area (Å²) in [6, 6.07) is 11.4. The van der Waals surface area contributed by atoms with Gasteiger partial charge >= 0.3 is 5.97 Å². The fourth-order valence-corrected chi connectivity index (χ4v) is 1.59. The van der Waals surface area contributed by atoms with E-state index in [1.54, 1.807) is 6.92 Å². The van der Waals surface area contributed by atoms with Crippen LogP contribution in [-0.4, -0.2) is 19.2 Å². The Balaban J connectivity index is 3.02. The highest BCUT2D eigenvalue weighted by atomic mass is 16.5. The molecular weight excluding hydrogens is 242 g/mol. The Morgan fingerprint density at radius 1 is 1.16 bits per heavy atom. The summed E-state index contributed by atoms with van der Waals surface area (Å²) >= 11 is 0. The van der Waals surface area contributed by atoms with E-state index in [1.807, 2.05) is 43.3 Å². The first-order chi connectivity index (χ1) is 9.22. The Labute approximate surface area is 113 Å². The van der Waals surface area contributed by atoms with Crippen LogP contribution in [0.15, 0.2) is 41.7 Å². The highest BCUT2D eigenvalue weighted by Gasteiger charge is 2.18. The molecule has 0 unspecified atom stereocenters. The molecule has 0 atom stereocenters. The van der Waals surface area contributed by atoms with Crippen molar-refractivity contribution in [2.45, 2.75) is 20.3 Å². The van der Waals surface area contributed by atoms with Gasteiger partial charge in [-0.2, -0.15) is 5.26 Å². The van der Waals surface area contributed by atoms with Crippen LogP contribution in [-0.2, 0) is 20.7 Å². The molecule has 0 fully saturated rings. The van der Waals surface area contributed by atoms with Crippen LogP contribution in [0.25, 0.3) is 0 Å². The molecule has 19 heavy (non-hydrogen) atoms. The zero-order valence-corrected chi connectivity index (χ0v) is 11.2. The third-order valence-electron chi connectivity index (χ3n) is 2.40. The molecule has 0 aromatic heterocycles. The fourth-order valence-electron chi connectivity index (χ4n) is 1.59. The number of allylic oxidation sites excluding steroid dienone is 1. The lowest BCUT2D eigenvalue weighted by atomic mass is 10.1. The molecule has 0 radical (unpaired) electrons. The highest BCUT2D eigenvalue weighted by Crippen LogP contribution is 2.15. The molecule has 0 aliphatic heterocycles. The van der Waals surface area contributed by atoms with Crippen molar-refractivity contribution < 1.29 is 14.3 Å². The monoisotopic (exact) mass is 259 g/mol. The Morgan fingerprint density at radius 2 is 1.79 bits per heavy atom. The van der Waals surface area contributed by atoms with Crippen molar-refractivity contribution >= 4 is 5.97 Å². The van der Waals surface area contributed by atoms with E-state index in [2.05, 4.69) is 0 Å². The first-order valence-electron chi connectivity index (χ1n) is 6.20. The van der Waals surface area contributed by atoms with Crippen molar-refractivity contribution in [2.75, 3.05) is 13.2 Å². The van der Waals surface area contributed by atoms with E-state index in [0.29, 0.717) is 18.8 Å². The summed E-state index contributed by atoms with van der Waals surface area (Å²) in [5, 5.41) is 9.11. The van der Waals surface area contributed by atoms with Gasteiger partial charge in [0.05, 0.1) is 13.2 Å². The lowest BCUT2D eigenvalue weighted by Gasteiger charge is -2.11. The van der Waals surface area contributed by atoms with Crippen molar-refractivity contribution in [3.8, 4) is 6.07 Å². The van der Waals surface area contributed by atoms with Gasteiger partial charge in [-0.15, -0.1) is 0 Å². The molecular formula is C15H17NO3. The Hall–Kier alpha value is -2.28. The van der Waals surface area contributed by atoms with Crippen LogP contribution in [0, 0.1) is 11.3 Å². The van der Waals surface area contributed by atoms with Gasteiger partial charge in [-0.3, -0.25) is 0 Å². The zero-order chi connectivity index (χ0) is 14.1. The minimum absolute atomic E-state index is 0.0625. The average Bonchev–Trinajstić information content (AvgIpc) is 2.41. The van der Waals surface area contributed by atoms with E-state index in [4.69, 9.17) is 14.7 Å². The summed E-state index contributed by atoms with van der Waals surface area (Å²) < 4.78 is 10.3. The summed E-state index contributed by atoms with van der Waals surface area (Å²) in [7, 11) is 0. The second-order valence-electron chi connectivity index (χ2n) is 3.73. The van der Waals surface area contributed by atoms with Gasteiger partial charge in [-0.1, -0.05) is 30.3 Å². The van der Waals surface area contributed by atoms with Crippen LogP contribution in [0.5, 0.6) is 0 Å². The standard InChI is InChI=1S/C15H17NO3/c1-3-18-14(10-12-8-6-5-7-9-12)13(11-16)15(17)19-4-2/h5-9H,3-4,10H2,1-2H3/b14-13-. The predicted molar refractivity (Wildman–Crippen MR) is 71.0 cm³/mol. The molecule has 0 aliphatic carbocycles. The second-order valence-corrected chi connectivity index (χ2v) is 3.73. The van der Waals surface area contributed by atoms with E-state index >= 15 is 0 Å². The van der Waals surface area contributed by atoms with Crippen molar-refractivity contribution in [1.29, 1.82) is 5.26 Å². The number of rotatable bonds is 6. The fraction of sp³-hybridized carbons (Fsp3) is 0.333. The molecule has 0 amide bonds. The summed E-state index contributed by atoms with van der Waals surface area (Å²) in [6.07, 6.45) is 0.399. The number of esters is 1. The zero-order valence-electron chi connectivity index (χ0n) is 11.2. The van der Waals surface area contributed by atoms with E-state index in [1.165, 1.54) is 0 Å². The van der Waals surface area contributed by atoms with E-state index in [0.717, 1.165) is 5.56 Å². The van der Waals surface area contributed by atoms with E-state index < -0.39 is 5.97 Å². The van der Waals surface area contributed by atoms with Crippen molar-refractivity contribution in [1.82, 2.24) is 0 Å². The highest BCUT2D eigenvalue weighted by molar-refractivity contribution is 5.93. The summed E-state index contributed by atoms with van der Waals surface area (Å²) in [4.78, 5) is 11.7. The van der Waals surface area contributed by atoms with Crippen molar-refractivity contribution in [2.24, 2.45) is 0 Å². The molecule has 4 heteroatoms. The first-order valence-corrected chi connectivity index (χ1v) is 6.20. The molecule has 100 valence electrons. The van der Waals surface area contributed by atoms with Crippen molar-refractivity contribution in [3.05, 3.63) is 47.2 Å². The van der Waals surface area contributed by atoms with E-state index in [-0.39, 0.29) is 12.2 Å². The SMILES string of the molecule is CCOC(=O)/C(C#N)=C(/Cc1ccccc1)OCC. The lowest BCUT2D eigenvalue weighted by Crippen LogP contribution is -2.12. The van der Waals surface area contributed by atoms with Crippen LogP contribution in [0.2, 0.25) is 0 Å². The number of nitriles is 1. The molecule has 1 rings (SSSR count). The minimum Gasteiger partial charge on any atom is -0.496 e. The maximum absolute atomic E-state index is 11.7. The summed E-state index contributed by atoms with van der Waals surface area (Å²) in [5.41, 5.74) is 0.913. The second kappa shape index (κ2) is 7.93. The number of carbonyl (C=O) groups excluding carboxylic acids is 1. The third-order valence-corrected chi connectivity index (χ3v) is 2.40. The van der Waals surface area contributed by atoms with Gasteiger partial charge < -0.3 is 9.47 Å². The van der Waals surface area contributed by atoms with Gasteiger partial charge in [0.1, 0.15) is 11.8 Å². The number of hydrogen-bond acceptors (Lipinski definition) is 4. The topological polar surface area (TPSA) is 59.3 Å². The molecule has 1 aromatic rings. The number of hydrogen-bond donors (Lipinski definition) is 0. The van der Waals surface area contributed by atoms with Crippen LogP contribution in [0.1, 0.15) is 19.4 Å². The summed E-state index contributed by atoms with van der Waals surface area (Å²) in [5.74, 6) is -0.279. The minimum atomic E-state index is -0.635. The largest absolute Gasteiger partial charge is 0.496 e. The van der Waals surface area contributed by atoms with Gasteiger partial charge in [0.25, 0.3) is 0 Å². The van der Waals surface area contributed by atoms with Crippen LogP contribution in [0.3, 0.4) is 0 Å². The lowest BCUT2D eigenvalue weighted by molar-refractivity contribution is -0.138. The van der Waals surface area contributed by atoms with Crippen molar-refractivity contribution in [3.63, 3.8) is 0 Å². The number of nitrogens with zero attached hydrogens (tertiary/aromatic N) is 1. The van der Waals surface area contributed by atoms with E-state index in [9.17, 15) is 4.79 Å². The van der Waals surface area contributed by atoms with Crippen LogP contribution < -0.4 is 0 Å². The van der Waals surface area contributed by atoms with Gasteiger partial charge in [-0.25, -0.2) is 4.79 Å². The smallest absolute Gasteiger partial charge is 0.352 e. The van der Waals surface area contributed by atoms with Gasteiger partial charge in [-0.05, 0) is 19.4 Å². The average molecular weight is 259 g/mol. The van der Waals surface area contributed by atoms with Crippen LogP contribution >= 0.6 is 0 Å². The predicted octanol–water partition coefficient (Wildman–Crippen LogP) is 2.61. The maximum atomic E-state index is 11.7. The number of ether oxygens (including phenoxy) is 2. The number of benzene rings is 1. The molecule has 0 aliphatic rings. The molecule has 4 nitrogen and oxygen atoms in total. The molecule has 1 aromatic carbocycles. The first kappa shape index (κ1) is 14.8. The molecule has 0 bridgehead atoms. The summed E-state index contributed by atoms with van der Waals surface area (Å²) in [6.45, 7) is 4.14. The Morgan fingerprint density at radius 3 is 2.32 bits per heavy atom. The normalized spacial score (nSPS) is 11.2. The molecule has 0 saturated carbocycles. The van der Waals surface area contributed by atoms with Gasteiger partial charge in [0, 0.05) is 6.42 Å². The number of carbonyl (C=O) groups is 1. The molecule has 0 heterocycles. The third kappa shape index (κ3) is 4.47. The molecule has 0 spiro atoms.